The van der Waals surface area contributed by atoms with Gasteiger partial charge in [0.15, 0.2) is 0 Å². The molecule has 3 aliphatic rings. The van der Waals surface area contributed by atoms with E-state index in [1.165, 1.54) is 48.3 Å². The maximum Gasteiger partial charge on any atom is 0.401 e. The monoisotopic (exact) mass is 548 g/mol. The molecule has 0 bridgehead atoms. The molecule has 3 aromatic rings. The minimum absolute atomic E-state index is 0.0895. The minimum atomic E-state index is -4.14. The molecule has 4 nitrogen and oxygen atoms in total. The molecule has 2 unspecified atom stereocenters. The predicted octanol–water partition coefficient (Wildman–Crippen LogP) is 6.80. The molecule has 6 rings (SSSR count). The van der Waals surface area contributed by atoms with Crippen LogP contribution in [-0.4, -0.2) is 54.8 Å². The number of hydrogen-bond acceptors (Lipinski definition) is 3. The van der Waals surface area contributed by atoms with Crippen molar-refractivity contribution in [2.24, 2.45) is 5.41 Å². The number of aromatic amines is 1. The summed E-state index contributed by atoms with van der Waals surface area (Å²) in [6.07, 6.45) is 2.45. The van der Waals surface area contributed by atoms with Crippen molar-refractivity contribution in [2.45, 2.75) is 64.2 Å². The number of alkyl halides is 3. The molecule has 212 valence electrons. The van der Waals surface area contributed by atoms with Crippen LogP contribution < -0.4 is 10.2 Å². The molecule has 3 aliphatic heterocycles. The normalized spacial score (nSPS) is 24.3. The smallest absolute Gasteiger partial charge is 0.371 e. The summed E-state index contributed by atoms with van der Waals surface area (Å²) in [4.78, 5) is 6.89. The van der Waals surface area contributed by atoms with Crippen molar-refractivity contribution in [3.05, 3.63) is 65.4 Å². The van der Waals surface area contributed by atoms with E-state index in [1.54, 1.807) is 0 Å². The largest absolute Gasteiger partial charge is 0.401 e. The molecule has 2 saturated heterocycles. The second-order valence-electron chi connectivity index (χ2n) is 11.5. The summed E-state index contributed by atoms with van der Waals surface area (Å²) in [5.41, 5.74) is 4.11. The first kappa shape index (κ1) is 27.9. The minimum Gasteiger partial charge on any atom is -0.371 e. The third kappa shape index (κ3) is 6.74. The highest BCUT2D eigenvalue weighted by Gasteiger charge is 2.37. The summed E-state index contributed by atoms with van der Waals surface area (Å²) >= 11 is 0. The van der Waals surface area contributed by atoms with E-state index in [9.17, 15) is 22.0 Å². The molecular weight excluding hydrogens is 511 g/mol. The molecule has 9 heteroatoms. The predicted molar refractivity (Wildman–Crippen MR) is 145 cm³/mol. The maximum absolute atomic E-state index is 13.4. The van der Waals surface area contributed by atoms with Gasteiger partial charge in [0, 0.05) is 54.0 Å². The van der Waals surface area contributed by atoms with E-state index in [1.807, 2.05) is 31.2 Å². The molecule has 0 amide bonds. The van der Waals surface area contributed by atoms with Crippen LogP contribution in [0.3, 0.4) is 0 Å². The van der Waals surface area contributed by atoms with Gasteiger partial charge in [0.2, 0.25) is 0 Å². The second kappa shape index (κ2) is 11.5. The molecule has 0 radical (unpaired) electrons. The first-order valence-electron chi connectivity index (χ1n) is 13.9. The molecule has 4 heterocycles. The van der Waals surface area contributed by atoms with Crippen LogP contribution in [0, 0.1) is 17.0 Å². The molecule has 0 aliphatic carbocycles. The quantitative estimate of drug-likeness (QED) is 0.346. The number of rotatable bonds is 2. The van der Waals surface area contributed by atoms with Crippen molar-refractivity contribution < 1.29 is 22.0 Å². The van der Waals surface area contributed by atoms with Gasteiger partial charge in [-0.3, -0.25) is 4.90 Å². The van der Waals surface area contributed by atoms with Crippen LogP contribution in [0.4, 0.5) is 27.6 Å². The van der Waals surface area contributed by atoms with Crippen LogP contribution >= 0.6 is 0 Å². The number of fused-ring (bicyclic) bond motifs is 3. The molecule has 0 saturated carbocycles. The van der Waals surface area contributed by atoms with Gasteiger partial charge in [0.25, 0.3) is 0 Å². The Morgan fingerprint density at radius 3 is 2.49 bits per heavy atom. The van der Waals surface area contributed by atoms with Crippen LogP contribution in [0.1, 0.15) is 50.3 Å². The Hall–Kier alpha value is -2.65. The number of benzene rings is 2. The lowest BCUT2D eigenvalue weighted by molar-refractivity contribution is -0.152. The summed E-state index contributed by atoms with van der Waals surface area (Å²) in [5.74, 6) is -0.968. The van der Waals surface area contributed by atoms with E-state index in [0.29, 0.717) is 24.1 Å². The van der Waals surface area contributed by atoms with Crippen LogP contribution in [0.15, 0.2) is 42.5 Å². The van der Waals surface area contributed by atoms with Gasteiger partial charge in [0.05, 0.1) is 6.54 Å². The number of para-hydroxylation sites is 1. The number of nitrogens with one attached hydrogen (secondary N) is 2. The van der Waals surface area contributed by atoms with E-state index < -0.39 is 24.4 Å². The van der Waals surface area contributed by atoms with Crippen molar-refractivity contribution in [3.8, 4) is 0 Å². The molecule has 1 spiro atoms. The van der Waals surface area contributed by atoms with Crippen molar-refractivity contribution in [3.63, 3.8) is 0 Å². The van der Waals surface area contributed by atoms with E-state index in [2.05, 4.69) is 15.2 Å². The van der Waals surface area contributed by atoms with Crippen LogP contribution in [0.5, 0.6) is 0 Å². The fourth-order valence-corrected chi connectivity index (χ4v) is 6.60. The molecule has 2 atom stereocenters. The number of H-pyrrole nitrogens is 1. The molecular formula is C30H37F5N4. The summed E-state index contributed by atoms with van der Waals surface area (Å²) in [6.45, 7) is 5.33. The number of nitrogens with zero attached hydrogens (tertiary/aromatic N) is 2. The Labute approximate surface area is 226 Å². The molecule has 2 fully saturated rings. The highest BCUT2D eigenvalue weighted by Crippen LogP contribution is 2.40. The average molecular weight is 549 g/mol. The molecule has 2 N–H and O–H groups in total. The number of hydrogen-bond donors (Lipinski definition) is 2. The fraction of sp³-hybridized carbons (Fsp3) is 0.533. The van der Waals surface area contributed by atoms with Gasteiger partial charge in [-0.05, 0) is 87.7 Å². The van der Waals surface area contributed by atoms with Crippen molar-refractivity contribution >= 4 is 16.6 Å². The van der Waals surface area contributed by atoms with Crippen molar-refractivity contribution in [1.29, 1.82) is 0 Å². The number of piperidine rings is 1. The Morgan fingerprint density at radius 2 is 1.72 bits per heavy atom. The SMILES string of the molecule is CC1Cc2c([nH]c3ccccc23)CN1CC(F)(F)F.Fc1cc(F)cc(N2CCCC3(CCCNCC3)C2)c1. The zero-order chi connectivity index (χ0) is 27.6. The van der Waals surface area contributed by atoms with E-state index in [0.717, 1.165) is 55.3 Å². The van der Waals surface area contributed by atoms with Gasteiger partial charge < -0.3 is 15.2 Å². The van der Waals surface area contributed by atoms with Gasteiger partial charge in [-0.25, -0.2) is 8.78 Å². The Bertz CT molecular complexity index is 1240. The number of aromatic nitrogens is 1. The van der Waals surface area contributed by atoms with Gasteiger partial charge in [0.1, 0.15) is 11.6 Å². The van der Waals surface area contributed by atoms with Crippen LogP contribution in [-0.2, 0) is 13.0 Å². The Kier molecular flexibility index (Phi) is 8.19. The van der Waals surface area contributed by atoms with Crippen LogP contribution in [0.25, 0.3) is 10.9 Å². The summed E-state index contributed by atoms with van der Waals surface area (Å²) in [5, 5.41) is 4.59. The standard InChI is InChI=1S/C16H22F2N2.C14H15F3N2/c17-13-9-14(18)11-15(10-13)20-8-2-4-16(12-20)3-1-6-19-7-5-16;1-9-6-11-10-4-2-3-5-12(10)18-13(11)7-19(9)8-14(15,16)17/h9-11,19H,1-8,12H2;2-5,9,18H,6-8H2,1H3. The van der Waals surface area contributed by atoms with Crippen LogP contribution in [0.2, 0.25) is 0 Å². The summed E-state index contributed by atoms with van der Waals surface area (Å²) in [6, 6.07) is 11.6. The lowest BCUT2D eigenvalue weighted by atomic mass is 9.74. The first-order valence-corrected chi connectivity index (χ1v) is 13.9. The highest BCUT2D eigenvalue weighted by atomic mass is 19.4. The van der Waals surface area contributed by atoms with E-state index in [4.69, 9.17) is 0 Å². The number of anilines is 1. The third-order valence-electron chi connectivity index (χ3n) is 8.54. The van der Waals surface area contributed by atoms with Gasteiger partial charge in [-0.15, -0.1) is 0 Å². The van der Waals surface area contributed by atoms with E-state index >= 15 is 0 Å². The zero-order valence-electron chi connectivity index (χ0n) is 22.4. The first-order chi connectivity index (χ1) is 18.6. The van der Waals surface area contributed by atoms with Gasteiger partial charge >= 0.3 is 6.18 Å². The third-order valence-corrected chi connectivity index (χ3v) is 8.54. The van der Waals surface area contributed by atoms with Gasteiger partial charge in [-0.1, -0.05) is 18.2 Å². The fourth-order valence-electron chi connectivity index (χ4n) is 6.60. The maximum atomic E-state index is 13.4. The molecule has 39 heavy (non-hydrogen) atoms. The Morgan fingerprint density at radius 1 is 0.974 bits per heavy atom. The highest BCUT2D eigenvalue weighted by molar-refractivity contribution is 5.84. The summed E-state index contributed by atoms with van der Waals surface area (Å²) < 4.78 is 64.4. The number of halogens is 5. The van der Waals surface area contributed by atoms with Crippen molar-refractivity contribution in [1.82, 2.24) is 15.2 Å². The Balaban J connectivity index is 0.000000158. The van der Waals surface area contributed by atoms with Crippen molar-refractivity contribution in [2.75, 3.05) is 37.6 Å². The second-order valence-corrected chi connectivity index (χ2v) is 11.5. The lowest BCUT2D eigenvalue weighted by Crippen LogP contribution is -2.43. The molecule has 1 aromatic heterocycles. The zero-order valence-corrected chi connectivity index (χ0v) is 22.4. The summed E-state index contributed by atoms with van der Waals surface area (Å²) in [7, 11) is 0. The lowest BCUT2D eigenvalue weighted by Gasteiger charge is -2.43. The topological polar surface area (TPSA) is 34.3 Å². The van der Waals surface area contributed by atoms with E-state index in [-0.39, 0.29) is 6.04 Å². The molecule has 2 aromatic carbocycles. The van der Waals surface area contributed by atoms with Gasteiger partial charge in [-0.2, -0.15) is 13.2 Å². The average Bonchev–Trinajstić information content (AvgIpc) is 3.07.